The standard InChI is InChI=1S/C88H82N16O8/c1-49-17-25-97(9)41-73(49)105-65-33-57-58(34-66(65)106-74-42-98(10)26-18-50(74)2)82-89-81(57)93-83-59-35-67(107-75-43-99(11)27-19-51(75)3)68(108-76-44-100(12)28-20-52(76)4)36-60(59)85(90-83)95-87-63-39-71(111-79-47-103(15)31-23-55(79)7)72(112-80-48-104(16)32-24-56(80)8)40-64(63)88(92-87)96-86-62-38-70(110-78-46-102(14)30-22-54(78)6)69(37-61(62)84(91-86)94-82)109-77-45-101(13)29-21-53(77)5/h17-48H,1-16H3,(H2,89,90,91,92,93,94,95,96)/q+8. The molecule has 2 aliphatic rings. The minimum atomic E-state index is 0.269. The minimum Gasteiger partial charge on any atom is -0.447 e. The lowest BCUT2D eigenvalue weighted by atomic mass is 10.1. The second-order valence-electron chi connectivity index (χ2n) is 29.1. The Labute approximate surface area is 645 Å². The molecule has 0 amide bonds. The summed E-state index contributed by atoms with van der Waals surface area (Å²) in [4.78, 5) is 41.0. The molecule has 112 heavy (non-hydrogen) atoms. The monoisotopic (exact) mass is 1490 g/mol. The third-order valence-electron chi connectivity index (χ3n) is 20.0. The second kappa shape index (κ2) is 28.1. The third kappa shape index (κ3) is 13.8. The molecule has 4 aromatic carbocycles. The van der Waals surface area contributed by atoms with E-state index in [0.29, 0.717) is 158 Å². The average molecular weight is 1490 g/mol. The van der Waals surface area contributed by atoms with Gasteiger partial charge >= 0.3 is 0 Å². The maximum Gasteiger partial charge on any atom is 0.211 e. The van der Waals surface area contributed by atoms with Crippen molar-refractivity contribution in [3.63, 3.8) is 0 Å². The van der Waals surface area contributed by atoms with Crippen LogP contribution in [-0.4, -0.2) is 39.9 Å². The van der Waals surface area contributed by atoms with E-state index in [1.165, 1.54) is 0 Å². The van der Waals surface area contributed by atoms with E-state index in [2.05, 4.69) is 9.97 Å². The van der Waals surface area contributed by atoms with Gasteiger partial charge in [-0.3, -0.25) is 0 Å². The second-order valence-corrected chi connectivity index (χ2v) is 29.1. The average Bonchev–Trinajstić information content (AvgIpc) is 1.58. The molecular formula is C88H82N16O8+8. The molecule has 0 radical (unpaired) electrons. The smallest absolute Gasteiger partial charge is 0.211 e. The molecule has 15 aromatic rings. The molecule has 0 unspecified atom stereocenters. The first kappa shape index (κ1) is 70.8. The molecule has 17 rings (SSSR count). The van der Waals surface area contributed by atoms with Crippen LogP contribution in [0, 0.1) is 55.4 Å². The van der Waals surface area contributed by atoms with Crippen molar-refractivity contribution in [2.24, 2.45) is 56.4 Å². The van der Waals surface area contributed by atoms with E-state index in [-0.39, 0.29) is 23.3 Å². The van der Waals surface area contributed by atoms with Gasteiger partial charge in [0.15, 0.2) is 165 Å². The Bertz CT molecular complexity index is 5870. The van der Waals surface area contributed by atoms with Gasteiger partial charge in [0.1, 0.15) is 79.0 Å². The SMILES string of the molecule is Cc1cc[n+](C)cc1Oc1cc2c(cc1Oc1c[n+](C)ccc1C)-c1nc-2nc2[nH]c(nc3nc(nc4[nH]c(n1)c1cc(Oc5c[n+](C)ccc5C)c(Oc5c[n+](C)ccc5C)cc41)-c1cc(Oc4c[n+](C)ccc4C)c(Oc4c[n+](C)ccc4C)cc1-3)c1cc(Oc3c[n+](C)ccc3C)c(Oc3c[n+](C)ccc3C)cc21. The van der Waals surface area contributed by atoms with Crippen LogP contribution in [0.1, 0.15) is 44.5 Å². The summed E-state index contributed by atoms with van der Waals surface area (Å²) >= 11 is 0. The van der Waals surface area contributed by atoms with Crippen molar-refractivity contribution >= 4 is 44.1 Å². The first-order chi connectivity index (χ1) is 53.9. The molecule has 13 heterocycles. The van der Waals surface area contributed by atoms with Crippen LogP contribution in [-0.2, 0) is 56.4 Å². The zero-order valence-electron chi connectivity index (χ0n) is 65.0. The Kier molecular flexibility index (Phi) is 17.8. The fourth-order valence-corrected chi connectivity index (χ4v) is 13.4. The van der Waals surface area contributed by atoms with Crippen LogP contribution in [0.5, 0.6) is 92.0 Å². The number of hydrogen-bond acceptors (Lipinski definition) is 14. The van der Waals surface area contributed by atoms with Gasteiger partial charge in [0.25, 0.3) is 0 Å². The number of pyridine rings is 8. The Morgan fingerprint density at radius 2 is 0.357 bits per heavy atom. The van der Waals surface area contributed by atoms with Crippen LogP contribution >= 0.6 is 0 Å². The predicted molar refractivity (Wildman–Crippen MR) is 415 cm³/mol. The molecular weight excluding hydrogens is 1410 g/mol. The number of benzene rings is 4. The number of fused-ring (bicyclic) bond motifs is 20. The molecule has 0 saturated heterocycles. The van der Waals surface area contributed by atoms with E-state index in [0.717, 1.165) is 44.5 Å². The van der Waals surface area contributed by atoms with Gasteiger partial charge in [-0.15, -0.1) is 0 Å². The fourth-order valence-electron chi connectivity index (χ4n) is 13.4. The highest BCUT2D eigenvalue weighted by molar-refractivity contribution is 6.08. The van der Waals surface area contributed by atoms with Crippen molar-refractivity contribution in [3.05, 3.63) is 241 Å². The number of hydrogen-bond donors (Lipinski definition) is 2. The Morgan fingerprint density at radius 3 is 0.518 bits per heavy atom. The van der Waals surface area contributed by atoms with E-state index in [1.807, 2.05) is 345 Å². The van der Waals surface area contributed by atoms with Gasteiger partial charge in [0.05, 0.1) is 0 Å². The van der Waals surface area contributed by atoms with Gasteiger partial charge in [0.2, 0.25) is 49.6 Å². The lowest BCUT2D eigenvalue weighted by Gasteiger charge is -2.15. The van der Waals surface area contributed by atoms with Gasteiger partial charge in [-0.1, -0.05) is 0 Å². The van der Waals surface area contributed by atoms with Crippen molar-refractivity contribution in [2.45, 2.75) is 55.4 Å². The number of H-pyrrole nitrogens is 2. The molecule has 24 nitrogen and oxygen atoms in total. The number of rotatable bonds is 16. The summed E-state index contributed by atoms with van der Waals surface area (Å²) in [6.45, 7) is 16.0. The number of ether oxygens (including phenoxy) is 8. The first-order valence-electron chi connectivity index (χ1n) is 36.6. The summed E-state index contributed by atoms with van der Waals surface area (Å²) in [5.74, 6) is 8.96. The highest BCUT2D eigenvalue weighted by atomic mass is 16.5. The van der Waals surface area contributed by atoms with Crippen LogP contribution in [0.15, 0.2) is 196 Å². The largest absolute Gasteiger partial charge is 0.447 e. The number of nitrogens with zero attached hydrogens (tertiary/aromatic N) is 14. The van der Waals surface area contributed by atoms with E-state index < -0.39 is 0 Å². The number of nitrogens with one attached hydrogen (secondary N) is 2. The van der Waals surface area contributed by atoms with Crippen molar-refractivity contribution in [1.82, 2.24) is 39.9 Å². The van der Waals surface area contributed by atoms with Gasteiger partial charge in [-0.25, -0.2) is 66.4 Å². The topological polar surface area (TPSA) is 214 Å². The van der Waals surface area contributed by atoms with Crippen LogP contribution in [0.3, 0.4) is 0 Å². The van der Waals surface area contributed by atoms with Crippen molar-refractivity contribution in [2.75, 3.05) is 0 Å². The minimum absolute atomic E-state index is 0.269. The summed E-state index contributed by atoms with van der Waals surface area (Å²) < 4.78 is 72.1. The molecule has 554 valence electrons. The van der Waals surface area contributed by atoms with Gasteiger partial charge in [-0.2, -0.15) is 0 Å². The summed E-state index contributed by atoms with van der Waals surface area (Å²) in [7, 11) is 15.6. The lowest BCUT2D eigenvalue weighted by Crippen LogP contribution is -2.26. The molecule has 0 saturated carbocycles. The van der Waals surface area contributed by atoms with Gasteiger partial charge in [-0.05, 0) is 104 Å². The molecule has 0 atom stereocenters. The van der Waals surface area contributed by atoms with E-state index in [4.69, 9.17) is 67.8 Å². The predicted octanol–water partition coefficient (Wildman–Crippen LogP) is 14.3. The van der Waals surface area contributed by atoms with Crippen molar-refractivity contribution < 1.29 is 74.4 Å². The highest BCUT2D eigenvalue weighted by Crippen LogP contribution is 2.50. The molecule has 0 spiro atoms. The molecule has 0 fully saturated rings. The van der Waals surface area contributed by atoms with E-state index >= 15 is 0 Å². The Balaban J connectivity index is 1.02. The van der Waals surface area contributed by atoms with Crippen LogP contribution in [0.25, 0.3) is 89.7 Å². The van der Waals surface area contributed by atoms with Crippen molar-refractivity contribution in [1.29, 1.82) is 0 Å². The normalized spacial score (nSPS) is 11.6. The highest BCUT2D eigenvalue weighted by Gasteiger charge is 2.31. The number of aromatic amines is 2. The molecule has 24 heteroatoms. The summed E-state index contributed by atoms with van der Waals surface area (Å²) in [5, 5.41) is 2.37. The van der Waals surface area contributed by atoms with Crippen molar-refractivity contribution in [3.8, 4) is 138 Å². The molecule has 0 aliphatic carbocycles. The van der Waals surface area contributed by atoms with E-state index in [1.54, 1.807) is 0 Å². The van der Waals surface area contributed by atoms with Gasteiger partial charge in [0, 0.05) is 137 Å². The maximum atomic E-state index is 7.08. The number of aryl methyl sites for hydroxylation is 16. The van der Waals surface area contributed by atoms with Gasteiger partial charge < -0.3 is 47.9 Å². The van der Waals surface area contributed by atoms with Crippen LogP contribution in [0.4, 0.5) is 0 Å². The third-order valence-corrected chi connectivity index (χ3v) is 20.0. The first-order valence-corrected chi connectivity index (χ1v) is 36.6. The van der Waals surface area contributed by atoms with Crippen LogP contribution in [0.2, 0.25) is 0 Å². The molecule has 8 bridgehead atoms. The van der Waals surface area contributed by atoms with Crippen LogP contribution < -0.4 is 74.4 Å². The Morgan fingerprint density at radius 1 is 0.205 bits per heavy atom. The number of aromatic nitrogens is 16. The summed E-state index contributed by atoms with van der Waals surface area (Å²) in [6, 6.07) is 31.4. The fraction of sp³-hybridized carbons (Fsp3) is 0.182. The van der Waals surface area contributed by atoms with E-state index in [9.17, 15) is 0 Å². The molecule has 11 aromatic heterocycles. The zero-order valence-corrected chi connectivity index (χ0v) is 65.0. The Hall–Kier alpha value is -14.2. The molecule has 2 N–H and O–H groups in total. The quantitative estimate of drug-likeness (QED) is 0.0862. The zero-order chi connectivity index (χ0) is 77.7. The maximum absolute atomic E-state index is 7.08. The summed E-state index contributed by atoms with van der Waals surface area (Å²) in [5.41, 5.74) is 10.8. The lowest BCUT2D eigenvalue weighted by molar-refractivity contribution is -0.671. The molecule has 2 aliphatic heterocycles. The summed E-state index contributed by atoms with van der Waals surface area (Å²) in [6.07, 6.45) is 31.3.